The number of halogens is 1. The van der Waals surface area contributed by atoms with E-state index >= 15 is 0 Å². The van der Waals surface area contributed by atoms with Crippen LogP contribution in [0.15, 0.2) is 46.0 Å². The lowest BCUT2D eigenvalue weighted by molar-refractivity contribution is -0.119. The van der Waals surface area contributed by atoms with Crippen LogP contribution in [-0.2, 0) is 19.6 Å². The first-order chi connectivity index (χ1) is 14.5. The number of anilines is 1. The van der Waals surface area contributed by atoms with Crippen molar-refractivity contribution in [1.29, 1.82) is 0 Å². The summed E-state index contributed by atoms with van der Waals surface area (Å²) in [4.78, 5) is 12.4. The standard InChI is InChI=1S/C21H27FN2O4S2/c22-18-10-4-5-11-19(18)24(30(26,27)21-12-6-15-29-21)16-20(25)23-13-7-14-28-17-8-2-1-3-9-17/h4-6,10-12,15,17H,1-3,7-9,13-14,16H2,(H,23,25). The SMILES string of the molecule is O=C(CN(c1ccccc1F)S(=O)(=O)c1cccs1)NCCCOC1CCCCC1. The highest BCUT2D eigenvalue weighted by Gasteiger charge is 2.29. The van der Waals surface area contributed by atoms with Gasteiger partial charge in [0.2, 0.25) is 5.91 Å². The van der Waals surface area contributed by atoms with E-state index in [1.165, 1.54) is 49.6 Å². The van der Waals surface area contributed by atoms with Crippen molar-refractivity contribution in [3.8, 4) is 0 Å². The smallest absolute Gasteiger partial charge is 0.274 e. The van der Waals surface area contributed by atoms with Gasteiger partial charge in [-0.3, -0.25) is 9.10 Å². The van der Waals surface area contributed by atoms with Crippen LogP contribution in [0.5, 0.6) is 0 Å². The number of carbonyl (C=O) groups is 1. The molecule has 1 saturated carbocycles. The van der Waals surface area contributed by atoms with E-state index in [2.05, 4.69) is 5.32 Å². The molecular formula is C21H27FN2O4S2. The number of hydrogen-bond donors (Lipinski definition) is 1. The van der Waals surface area contributed by atoms with Gasteiger partial charge >= 0.3 is 0 Å². The molecule has 1 aromatic carbocycles. The van der Waals surface area contributed by atoms with Crippen molar-refractivity contribution in [3.63, 3.8) is 0 Å². The molecule has 1 aromatic heterocycles. The number of rotatable bonds is 10. The van der Waals surface area contributed by atoms with E-state index in [1.54, 1.807) is 11.4 Å². The molecule has 0 spiro atoms. The van der Waals surface area contributed by atoms with Gasteiger partial charge in [0, 0.05) is 13.2 Å². The van der Waals surface area contributed by atoms with Gasteiger partial charge in [0.05, 0.1) is 11.8 Å². The van der Waals surface area contributed by atoms with Gasteiger partial charge < -0.3 is 10.1 Å². The van der Waals surface area contributed by atoms with Gasteiger partial charge in [-0.1, -0.05) is 37.5 Å². The van der Waals surface area contributed by atoms with Crippen LogP contribution in [0.2, 0.25) is 0 Å². The third-order valence-electron chi connectivity index (χ3n) is 5.00. The van der Waals surface area contributed by atoms with E-state index in [1.807, 2.05) is 0 Å². The van der Waals surface area contributed by atoms with Crippen molar-refractivity contribution in [2.75, 3.05) is 24.0 Å². The minimum absolute atomic E-state index is 0.0550. The summed E-state index contributed by atoms with van der Waals surface area (Å²) in [5.41, 5.74) is -0.151. The van der Waals surface area contributed by atoms with Crippen molar-refractivity contribution in [3.05, 3.63) is 47.6 Å². The van der Waals surface area contributed by atoms with Crippen molar-refractivity contribution in [1.82, 2.24) is 5.32 Å². The van der Waals surface area contributed by atoms with E-state index in [-0.39, 0.29) is 9.90 Å². The molecule has 0 saturated heterocycles. The molecule has 0 bridgehead atoms. The summed E-state index contributed by atoms with van der Waals surface area (Å²) in [6, 6.07) is 8.58. The van der Waals surface area contributed by atoms with Crippen molar-refractivity contribution >= 4 is 33.0 Å². The fourth-order valence-corrected chi connectivity index (χ4v) is 5.97. The normalized spacial score (nSPS) is 15.1. The predicted molar refractivity (Wildman–Crippen MR) is 116 cm³/mol. The van der Waals surface area contributed by atoms with Gasteiger partial charge in [0.25, 0.3) is 10.0 Å². The molecule has 9 heteroatoms. The quantitative estimate of drug-likeness (QED) is 0.552. The first-order valence-corrected chi connectivity index (χ1v) is 12.5. The number of hydrogen-bond acceptors (Lipinski definition) is 5. The molecule has 0 atom stereocenters. The second-order valence-electron chi connectivity index (χ2n) is 7.23. The maximum absolute atomic E-state index is 14.3. The predicted octanol–water partition coefficient (Wildman–Crippen LogP) is 3.94. The lowest BCUT2D eigenvalue weighted by atomic mass is 9.98. The Morgan fingerprint density at radius 1 is 1.17 bits per heavy atom. The first-order valence-electron chi connectivity index (χ1n) is 10.2. The number of para-hydroxylation sites is 1. The van der Waals surface area contributed by atoms with Gasteiger partial charge in [-0.25, -0.2) is 12.8 Å². The minimum atomic E-state index is -4.05. The summed E-state index contributed by atoms with van der Waals surface area (Å²) in [5, 5.41) is 4.34. The molecule has 1 amide bonds. The number of nitrogens with zero attached hydrogens (tertiary/aromatic N) is 1. The van der Waals surface area contributed by atoms with Gasteiger partial charge in [0.1, 0.15) is 16.6 Å². The van der Waals surface area contributed by atoms with Crippen molar-refractivity contribution in [2.24, 2.45) is 0 Å². The Balaban J connectivity index is 1.58. The lowest BCUT2D eigenvalue weighted by Gasteiger charge is -2.24. The fourth-order valence-electron chi connectivity index (χ4n) is 3.44. The Morgan fingerprint density at radius 2 is 1.93 bits per heavy atom. The molecule has 30 heavy (non-hydrogen) atoms. The molecule has 1 aliphatic carbocycles. The Bertz CT molecular complexity index is 913. The summed E-state index contributed by atoms with van der Waals surface area (Å²) in [6.45, 7) is 0.426. The zero-order valence-electron chi connectivity index (χ0n) is 16.8. The van der Waals surface area contributed by atoms with Gasteiger partial charge in [-0.05, 0) is 42.8 Å². The van der Waals surface area contributed by atoms with Crippen LogP contribution in [0.4, 0.5) is 10.1 Å². The Labute approximate surface area is 181 Å². The molecule has 1 aliphatic rings. The van der Waals surface area contributed by atoms with E-state index in [0.717, 1.165) is 28.5 Å². The van der Waals surface area contributed by atoms with Crippen LogP contribution >= 0.6 is 11.3 Å². The van der Waals surface area contributed by atoms with Gasteiger partial charge in [-0.15, -0.1) is 11.3 Å². The third kappa shape index (κ3) is 6.02. The Morgan fingerprint density at radius 3 is 2.63 bits per heavy atom. The van der Waals surface area contributed by atoms with Crippen LogP contribution in [0.25, 0.3) is 0 Å². The van der Waals surface area contributed by atoms with Crippen LogP contribution < -0.4 is 9.62 Å². The summed E-state index contributed by atoms with van der Waals surface area (Å²) in [5.74, 6) is -1.19. The van der Waals surface area contributed by atoms with E-state index < -0.39 is 28.3 Å². The van der Waals surface area contributed by atoms with E-state index in [4.69, 9.17) is 4.74 Å². The molecule has 0 aliphatic heterocycles. The number of thiophene rings is 1. The highest BCUT2D eigenvalue weighted by Crippen LogP contribution is 2.28. The number of carbonyl (C=O) groups excluding carboxylic acids is 1. The Kier molecular flexibility index (Phi) is 8.24. The topological polar surface area (TPSA) is 75.7 Å². The maximum atomic E-state index is 14.3. The lowest BCUT2D eigenvalue weighted by Crippen LogP contribution is -2.41. The minimum Gasteiger partial charge on any atom is -0.378 e. The molecule has 2 aromatic rings. The zero-order valence-corrected chi connectivity index (χ0v) is 18.4. The molecule has 6 nitrogen and oxygen atoms in total. The molecule has 1 heterocycles. The van der Waals surface area contributed by atoms with E-state index in [0.29, 0.717) is 25.7 Å². The molecule has 0 unspecified atom stereocenters. The van der Waals surface area contributed by atoms with Crippen LogP contribution in [0.3, 0.4) is 0 Å². The summed E-state index contributed by atoms with van der Waals surface area (Å²) < 4.78 is 47.1. The second kappa shape index (κ2) is 10.9. The molecule has 164 valence electrons. The number of nitrogens with one attached hydrogen (secondary N) is 1. The molecule has 3 rings (SSSR count). The highest BCUT2D eigenvalue weighted by atomic mass is 32.2. The zero-order chi connectivity index (χ0) is 21.4. The number of benzene rings is 1. The molecule has 0 radical (unpaired) electrons. The van der Waals surface area contributed by atoms with Crippen LogP contribution in [0.1, 0.15) is 38.5 Å². The molecule has 1 N–H and O–H groups in total. The molecular weight excluding hydrogens is 427 g/mol. The second-order valence-corrected chi connectivity index (χ2v) is 10.3. The monoisotopic (exact) mass is 454 g/mol. The third-order valence-corrected chi connectivity index (χ3v) is 8.13. The highest BCUT2D eigenvalue weighted by molar-refractivity contribution is 7.94. The van der Waals surface area contributed by atoms with Crippen molar-refractivity contribution < 1.29 is 22.3 Å². The van der Waals surface area contributed by atoms with Crippen molar-refractivity contribution in [2.45, 2.75) is 48.8 Å². The summed E-state index contributed by atoms with van der Waals surface area (Å²) in [7, 11) is -4.05. The molecule has 1 fully saturated rings. The van der Waals surface area contributed by atoms with Gasteiger partial charge in [0.15, 0.2) is 0 Å². The largest absolute Gasteiger partial charge is 0.378 e. The summed E-state index contributed by atoms with van der Waals surface area (Å²) in [6.07, 6.45) is 6.79. The van der Waals surface area contributed by atoms with Crippen LogP contribution in [-0.4, -0.2) is 40.1 Å². The number of amides is 1. The first kappa shape index (κ1) is 22.7. The summed E-state index contributed by atoms with van der Waals surface area (Å²) >= 11 is 1.02. The average molecular weight is 455 g/mol. The maximum Gasteiger partial charge on any atom is 0.274 e. The Hall–Kier alpha value is -1.97. The number of sulfonamides is 1. The number of ether oxygens (including phenoxy) is 1. The van der Waals surface area contributed by atoms with E-state index in [9.17, 15) is 17.6 Å². The van der Waals surface area contributed by atoms with Gasteiger partial charge in [-0.2, -0.15) is 0 Å². The van der Waals surface area contributed by atoms with Crippen LogP contribution in [0, 0.1) is 5.82 Å². The fraction of sp³-hybridized carbons (Fsp3) is 0.476. The average Bonchev–Trinajstić information content (AvgIpc) is 3.29.